The van der Waals surface area contributed by atoms with Gasteiger partial charge in [0.25, 0.3) is 0 Å². The second kappa shape index (κ2) is 13.5. The lowest BCUT2D eigenvalue weighted by atomic mass is 10.4. The third kappa shape index (κ3) is 12.1. The quantitative estimate of drug-likeness (QED) is 0.225. The summed E-state index contributed by atoms with van der Waals surface area (Å²) >= 11 is 0. The molecule has 0 spiro atoms. The van der Waals surface area contributed by atoms with Crippen molar-refractivity contribution < 1.29 is 13.2 Å². The largest absolute Gasteiger partial charge is 0.380 e. The molecule has 0 saturated heterocycles. The van der Waals surface area contributed by atoms with Crippen LogP contribution in [0.15, 0.2) is 4.99 Å². The van der Waals surface area contributed by atoms with Crippen molar-refractivity contribution in [3.63, 3.8) is 0 Å². The summed E-state index contributed by atoms with van der Waals surface area (Å²) in [7, 11) is -1.40. The highest BCUT2D eigenvalue weighted by Gasteiger charge is 2.13. The topological polar surface area (TPSA) is 83.0 Å². The molecule has 0 aromatic rings. The van der Waals surface area contributed by atoms with E-state index in [-0.39, 0.29) is 24.0 Å². The van der Waals surface area contributed by atoms with Crippen LogP contribution >= 0.6 is 24.0 Å². The number of aliphatic imine (C=N–C) groups is 1. The molecule has 0 fully saturated rings. The zero-order valence-corrected chi connectivity index (χ0v) is 16.5. The summed E-state index contributed by atoms with van der Waals surface area (Å²) in [6.07, 6.45) is 1.96. The van der Waals surface area contributed by atoms with Gasteiger partial charge < -0.3 is 15.4 Å². The van der Waals surface area contributed by atoms with E-state index in [9.17, 15) is 8.42 Å². The Hall–Kier alpha value is -0.130. The molecule has 0 aliphatic carbocycles. The van der Waals surface area contributed by atoms with Gasteiger partial charge in [0.2, 0.25) is 10.0 Å². The first-order valence-electron chi connectivity index (χ1n) is 6.93. The molecule has 9 heteroatoms. The maximum atomic E-state index is 11.4. The van der Waals surface area contributed by atoms with E-state index in [1.54, 1.807) is 7.05 Å². The SMILES string of the molecule is CCOCCNC(=NC)NCCCN(CC)S(C)(=O)=O.I. The lowest BCUT2D eigenvalue weighted by molar-refractivity contribution is 0.152. The fourth-order valence-electron chi connectivity index (χ4n) is 1.63. The van der Waals surface area contributed by atoms with Crippen LogP contribution < -0.4 is 10.6 Å². The van der Waals surface area contributed by atoms with Gasteiger partial charge >= 0.3 is 0 Å². The van der Waals surface area contributed by atoms with Gasteiger partial charge in [-0.25, -0.2) is 12.7 Å². The molecule has 0 aromatic carbocycles. The first kappa shape index (κ1) is 23.1. The molecule has 128 valence electrons. The smallest absolute Gasteiger partial charge is 0.211 e. The monoisotopic (exact) mass is 436 g/mol. The summed E-state index contributed by atoms with van der Waals surface area (Å²) in [4.78, 5) is 4.08. The Kier molecular flexibility index (Phi) is 14.9. The van der Waals surface area contributed by atoms with Crippen LogP contribution in [-0.2, 0) is 14.8 Å². The van der Waals surface area contributed by atoms with Crippen molar-refractivity contribution in [3.05, 3.63) is 0 Å². The minimum atomic E-state index is -3.10. The summed E-state index contributed by atoms with van der Waals surface area (Å²) in [6, 6.07) is 0. The lowest BCUT2D eigenvalue weighted by Crippen LogP contribution is -2.40. The van der Waals surface area contributed by atoms with E-state index in [1.807, 2.05) is 13.8 Å². The molecule has 0 unspecified atom stereocenters. The van der Waals surface area contributed by atoms with E-state index in [4.69, 9.17) is 4.74 Å². The standard InChI is InChI=1S/C12H28N4O3S.HI/c1-5-16(20(4,17)18)10-7-8-14-12(13-3)15-9-11-19-6-2;/h5-11H2,1-4H3,(H2,13,14,15);1H. The van der Waals surface area contributed by atoms with Gasteiger partial charge in [-0.15, -0.1) is 24.0 Å². The van der Waals surface area contributed by atoms with Crippen molar-refractivity contribution in [3.8, 4) is 0 Å². The predicted octanol–water partition coefficient (Wildman–Crippen LogP) is 0.478. The Morgan fingerprint density at radius 1 is 1.24 bits per heavy atom. The van der Waals surface area contributed by atoms with E-state index in [2.05, 4.69) is 15.6 Å². The Labute approximate surface area is 146 Å². The predicted molar refractivity (Wildman–Crippen MR) is 98.0 cm³/mol. The van der Waals surface area contributed by atoms with E-state index in [0.29, 0.717) is 45.4 Å². The maximum absolute atomic E-state index is 11.4. The van der Waals surface area contributed by atoms with Gasteiger partial charge in [-0.05, 0) is 13.3 Å². The highest BCUT2D eigenvalue weighted by Crippen LogP contribution is 1.97. The molecule has 2 N–H and O–H groups in total. The number of hydrogen-bond acceptors (Lipinski definition) is 4. The lowest BCUT2D eigenvalue weighted by Gasteiger charge is -2.18. The second-order valence-corrected chi connectivity index (χ2v) is 6.21. The summed E-state index contributed by atoms with van der Waals surface area (Å²) in [5.41, 5.74) is 0. The third-order valence-electron chi connectivity index (χ3n) is 2.67. The van der Waals surface area contributed by atoms with Gasteiger partial charge in [0.05, 0.1) is 12.9 Å². The number of sulfonamides is 1. The average Bonchev–Trinajstić information content (AvgIpc) is 2.39. The molecule has 0 saturated carbocycles. The molecule has 21 heavy (non-hydrogen) atoms. The molecule has 0 radical (unpaired) electrons. The number of nitrogens with one attached hydrogen (secondary N) is 2. The van der Waals surface area contributed by atoms with Gasteiger partial charge in [-0.2, -0.15) is 0 Å². The van der Waals surface area contributed by atoms with E-state index in [1.165, 1.54) is 10.6 Å². The van der Waals surface area contributed by atoms with Gasteiger partial charge in [0, 0.05) is 39.8 Å². The summed E-state index contributed by atoms with van der Waals surface area (Å²) in [5.74, 6) is 0.701. The van der Waals surface area contributed by atoms with Crippen LogP contribution in [0.3, 0.4) is 0 Å². The first-order chi connectivity index (χ1) is 9.45. The Morgan fingerprint density at radius 2 is 1.86 bits per heavy atom. The van der Waals surface area contributed by atoms with Crippen LogP contribution in [0, 0.1) is 0 Å². The van der Waals surface area contributed by atoms with Crippen molar-refractivity contribution >= 4 is 40.0 Å². The molecular weight excluding hydrogens is 407 g/mol. The number of halogens is 1. The number of nitrogens with zero attached hydrogens (tertiary/aromatic N) is 2. The number of hydrogen-bond donors (Lipinski definition) is 2. The van der Waals surface area contributed by atoms with Crippen LogP contribution in [0.2, 0.25) is 0 Å². The minimum Gasteiger partial charge on any atom is -0.380 e. The van der Waals surface area contributed by atoms with Gasteiger partial charge in [0.1, 0.15) is 0 Å². The van der Waals surface area contributed by atoms with Crippen molar-refractivity contribution in [2.45, 2.75) is 20.3 Å². The fraction of sp³-hybridized carbons (Fsp3) is 0.917. The van der Waals surface area contributed by atoms with Crippen LogP contribution in [0.25, 0.3) is 0 Å². The molecule has 0 bridgehead atoms. The zero-order valence-electron chi connectivity index (χ0n) is 13.4. The van der Waals surface area contributed by atoms with Crippen molar-refractivity contribution in [2.24, 2.45) is 4.99 Å². The first-order valence-corrected chi connectivity index (χ1v) is 8.77. The van der Waals surface area contributed by atoms with Crippen molar-refractivity contribution in [1.29, 1.82) is 0 Å². The highest BCUT2D eigenvalue weighted by molar-refractivity contribution is 14.0. The Balaban J connectivity index is 0. The number of guanidine groups is 1. The Morgan fingerprint density at radius 3 is 2.33 bits per heavy atom. The van der Waals surface area contributed by atoms with Crippen LogP contribution in [-0.4, -0.2) is 71.4 Å². The molecule has 0 rings (SSSR count). The van der Waals surface area contributed by atoms with Gasteiger partial charge in [-0.3, -0.25) is 4.99 Å². The van der Waals surface area contributed by atoms with E-state index >= 15 is 0 Å². The third-order valence-corrected chi connectivity index (χ3v) is 4.04. The van der Waals surface area contributed by atoms with Crippen molar-refractivity contribution in [2.75, 3.05) is 52.7 Å². The Bertz CT molecular complexity index is 377. The van der Waals surface area contributed by atoms with Crippen molar-refractivity contribution in [1.82, 2.24) is 14.9 Å². The van der Waals surface area contributed by atoms with Crippen LogP contribution in [0.5, 0.6) is 0 Å². The molecule has 0 aliphatic rings. The molecule has 0 heterocycles. The fourth-order valence-corrected chi connectivity index (χ4v) is 2.56. The molecule has 0 aromatic heterocycles. The van der Waals surface area contributed by atoms with E-state index < -0.39 is 10.0 Å². The highest BCUT2D eigenvalue weighted by atomic mass is 127. The summed E-state index contributed by atoms with van der Waals surface area (Å²) in [5, 5.41) is 6.26. The molecule has 0 atom stereocenters. The zero-order chi connectivity index (χ0) is 15.4. The number of ether oxygens (including phenoxy) is 1. The molecule has 0 amide bonds. The molecular formula is C12H29IN4O3S. The average molecular weight is 436 g/mol. The van der Waals surface area contributed by atoms with Gasteiger partial charge in [0.15, 0.2) is 5.96 Å². The maximum Gasteiger partial charge on any atom is 0.211 e. The molecule has 0 aliphatic heterocycles. The normalized spacial score (nSPS) is 12.1. The van der Waals surface area contributed by atoms with Crippen LogP contribution in [0.4, 0.5) is 0 Å². The number of rotatable bonds is 10. The minimum absolute atomic E-state index is 0. The second-order valence-electron chi connectivity index (χ2n) is 4.23. The summed E-state index contributed by atoms with van der Waals surface area (Å²) in [6.45, 7) is 7.49. The van der Waals surface area contributed by atoms with Crippen LogP contribution in [0.1, 0.15) is 20.3 Å². The van der Waals surface area contributed by atoms with Gasteiger partial charge in [-0.1, -0.05) is 6.92 Å². The van der Waals surface area contributed by atoms with E-state index in [0.717, 1.165) is 6.42 Å². The molecule has 7 nitrogen and oxygen atoms in total. The summed E-state index contributed by atoms with van der Waals surface area (Å²) < 4.78 is 29.5.